The van der Waals surface area contributed by atoms with Gasteiger partial charge in [-0.15, -0.1) is 0 Å². The lowest BCUT2D eigenvalue weighted by Gasteiger charge is -2.27. The van der Waals surface area contributed by atoms with Gasteiger partial charge < -0.3 is 9.64 Å². The molecule has 10 nitrogen and oxygen atoms in total. The minimum Gasteiger partial charge on any atom is -0.470 e. The molecule has 3 aromatic rings. The van der Waals surface area contributed by atoms with Gasteiger partial charge in [0.2, 0.25) is 15.9 Å². The van der Waals surface area contributed by atoms with Crippen LogP contribution in [0.4, 0.5) is 0 Å². The molecule has 11 heteroatoms. The predicted octanol–water partition coefficient (Wildman–Crippen LogP) is 0.687. The number of rotatable bonds is 3. The molecule has 0 bridgehead atoms. The van der Waals surface area contributed by atoms with Crippen LogP contribution in [0.25, 0.3) is 0 Å². The second kappa shape index (κ2) is 7.43. The molecule has 5 rings (SSSR count). The molecule has 0 unspecified atom stereocenters. The molecule has 0 spiro atoms. The zero-order valence-electron chi connectivity index (χ0n) is 16.7. The van der Waals surface area contributed by atoms with Gasteiger partial charge >= 0.3 is 0 Å². The van der Waals surface area contributed by atoms with Crippen LogP contribution in [-0.2, 0) is 23.6 Å². The van der Waals surface area contributed by atoms with Gasteiger partial charge in [-0.05, 0) is 30.3 Å². The minimum atomic E-state index is -3.93. The zero-order valence-corrected chi connectivity index (χ0v) is 17.5. The normalized spacial score (nSPS) is 22.3. The maximum atomic E-state index is 13.6. The summed E-state index contributed by atoms with van der Waals surface area (Å²) in [4.78, 5) is 23.1. The minimum absolute atomic E-state index is 0.0184. The van der Waals surface area contributed by atoms with Crippen LogP contribution in [0.5, 0.6) is 5.88 Å². The van der Waals surface area contributed by atoms with Crippen molar-refractivity contribution in [2.24, 2.45) is 7.05 Å². The van der Waals surface area contributed by atoms with Gasteiger partial charge in [0.1, 0.15) is 16.7 Å². The smallest absolute Gasteiger partial charge is 0.272 e. The number of carbonyl (C=O) groups excluding carboxylic acids is 1. The van der Waals surface area contributed by atoms with Crippen molar-refractivity contribution in [3.05, 3.63) is 66.4 Å². The Morgan fingerprint density at radius 3 is 2.68 bits per heavy atom. The summed E-state index contributed by atoms with van der Waals surface area (Å²) < 4.78 is 36.1. The molecule has 5 heterocycles. The van der Waals surface area contributed by atoms with E-state index in [4.69, 9.17) is 4.74 Å². The third kappa shape index (κ3) is 3.35. The van der Waals surface area contributed by atoms with Gasteiger partial charge in [0.15, 0.2) is 0 Å². The number of amides is 1. The fourth-order valence-electron chi connectivity index (χ4n) is 4.02. The average molecular weight is 440 g/mol. The van der Waals surface area contributed by atoms with Crippen LogP contribution in [0.2, 0.25) is 0 Å². The van der Waals surface area contributed by atoms with Crippen molar-refractivity contribution in [3.63, 3.8) is 0 Å². The summed E-state index contributed by atoms with van der Waals surface area (Å²) in [7, 11) is -2.24. The highest BCUT2D eigenvalue weighted by Gasteiger charge is 2.49. The number of aryl methyl sites for hydroxylation is 1. The Kier molecular flexibility index (Phi) is 4.71. The van der Waals surface area contributed by atoms with Crippen LogP contribution in [-0.4, -0.2) is 68.5 Å². The van der Waals surface area contributed by atoms with Gasteiger partial charge in [0.05, 0.1) is 24.8 Å². The van der Waals surface area contributed by atoms with E-state index in [0.29, 0.717) is 11.4 Å². The largest absolute Gasteiger partial charge is 0.470 e. The van der Waals surface area contributed by atoms with Crippen molar-refractivity contribution in [1.82, 2.24) is 29.0 Å². The fourth-order valence-corrected chi connectivity index (χ4v) is 5.71. The van der Waals surface area contributed by atoms with Crippen LogP contribution >= 0.6 is 0 Å². The van der Waals surface area contributed by atoms with Crippen molar-refractivity contribution < 1.29 is 17.9 Å². The molecular weight excluding hydrogens is 420 g/mol. The van der Waals surface area contributed by atoms with Crippen molar-refractivity contribution in [1.29, 1.82) is 0 Å². The lowest BCUT2D eigenvalue weighted by atomic mass is 10.2. The van der Waals surface area contributed by atoms with Gasteiger partial charge in [0, 0.05) is 32.2 Å². The lowest BCUT2D eigenvalue weighted by molar-refractivity contribution is 0.0759. The molecular formula is C20H20N6O4S. The predicted molar refractivity (Wildman–Crippen MR) is 109 cm³/mol. The fraction of sp³-hybridized carbons (Fsp3) is 0.300. The number of hydrogen-bond donors (Lipinski definition) is 0. The van der Waals surface area contributed by atoms with Crippen LogP contribution in [0, 0.1) is 0 Å². The number of carbonyl (C=O) groups is 1. The van der Waals surface area contributed by atoms with Crippen molar-refractivity contribution >= 4 is 15.9 Å². The van der Waals surface area contributed by atoms with Crippen molar-refractivity contribution in [2.75, 3.05) is 13.1 Å². The third-order valence-corrected chi connectivity index (χ3v) is 7.45. The molecule has 2 atom stereocenters. The molecule has 0 N–H and O–H groups in total. The van der Waals surface area contributed by atoms with E-state index in [9.17, 15) is 13.2 Å². The first kappa shape index (κ1) is 19.6. The Morgan fingerprint density at radius 2 is 1.94 bits per heavy atom. The Hall–Kier alpha value is -3.31. The highest BCUT2D eigenvalue weighted by Crippen LogP contribution is 2.35. The number of hydrogen-bond acceptors (Lipinski definition) is 7. The molecule has 1 amide bonds. The monoisotopic (exact) mass is 440 g/mol. The average Bonchev–Trinajstić information content (AvgIpc) is 3.37. The topological polar surface area (TPSA) is 111 Å². The summed E-state index contributed by atoms with van der Waals surface area (Å²) in [5.41, 5.74) is 1.03. The first-order valence-electron chi connectivity index (χ1n) is 9.76. The Balaban J connectivity index is 1.54. The first-order chi connectivity index (χ1) is 14.9. The van der Waals surface area contributed by atoms with E-state index in [1.165, 1.54) is 21.3 Å². The molecule has 0 aliphatic carbocycles. The Labute approximate surface area is 179 Å². The van der Waals surface area contributed by atoms with E-state index in [1.807, 2.05) is 6.07 Å². The summed E-state index contributed by atoms with van der Waals surface area (Å²) in [6, 6.07) is 9.46. The lowest BCUT2D eigenvalue weighted by Crippen LogP contribution is -2.46. The number of ether oxygens (including phenoxy) is 1. The van der Waals surface area contributed by atoms with E-state index in [0.717, 1.165) is 0 Å². The highest BCUT2D eigenvalue weighted by atomic mass is 32.2. The van der Waals surface area contributed by atoms with E-state index in [1.54, 1.807) is 48.6 Å². The third-order valence-electron chi connectivity index (χ3n) is 5.56. The van der Waals surface area contributed by atoms with Gasteiger partial charge in [-0.2, -0.15) is 9.40 Å². The van der Waals surface area contributed by atoms with Gasteiger partial charge in [-0.3, -0.25) is 14.5 Å². The SMILES string of the molecule is Cn1nccc1C(=O)N1C[C@@H]2Oc3ncccc3S(=O)(=O)N(Cc3ccccn3)[C@H]2C1. The summed E-state index contributed by atoms with van der Waals surface area (Å²) in [6.45, 7) is 0.490. The summed E-state index contributed by atoms with van der Waals surface area (Å²) in [5, 5.41) is 4.05. The molecule has 0 saturated carbocycles. The Morgan fingerprint density at radius 1 is 1.10 bits per heavy atom. The quantitative estimate of drug-likeness (QED) is 0.589. The highest BCUT2D eigenvalue weighted by molar-refractivity contribution is 7.89. The molecule has 160 valence electrons. The van der Waals surface area contributed by atoms with Crippen LogP contribution in [0.3, 0.4) is 0 Å². The summed E-state index contributed by atoms with van der Waals surface area (Å²) in [6.07, 6.45) is 4.10. The maximum absolute atomic E-state index is 13.6. The number of nitrogens with zero attached hydrogens (tertiary/aromatic N) is 6. The number of pyridine rings is 2. The summed E-state index contributed by atoms with van der Waals surface area (Å²) in [5.74, 6) is -0.177. The number of sulfonamides is 1. The number of aromatic nitrogens is 4. The van der Waals surface area contributed by atoms with E-state index >= 15 is 0 Å². The molecule has 2 aliphatic heterocycles. The van der Waals surface area contributed by atoms with Gasteiger partial charge in [-0.1, -0.05) is 6.07 Å². The number of fused-ring (bicyclic) bond motifs is 2. The van der Waals surface area contributed by atoms with Crippen LogP contribution < -0.4 is 4.74 Å². The molecule has 1 saturated heterocycles. The van der Waals surface area contributed by atoms with Crippen LogP contribution in [0.15, 0.2) is 59.9 Å². The van der Waals surface area contributed by atoms with Crippen molar-refractivity contribution in [3.8, 4) is 5.88 Å². The zero-order chi connectivity index (χ0) is 21.6. The van der Waals surface area contributed by atoms with E-state index in [-0.39, 0.29) is 36.3 Å². The second-order valence-electron chi connectivity index (χ2n) is 7.45. The molecule has 0 radical (unpaired) electrons. The molecule has 1 fully saturated rings. The van der Waals surface area contributed by atoms with E-state index < -0.39 is 22.2 Å². The standard InChI is InChI=1S/C20H20N6O4S/c1-24-15(7-10-23-24)20(27)25-12-16-17(13-25)30-19-18(6-4-9-22-19)31(28,29)26(16)11-14-5-2-3-8-21-14/h2-10,16-17H,11-13H2,1H3/t16-,17-/m0/s1. The van der Waals surface area contributed by atoms with Gasteiger partial charge in [0.25, 0.3) is 5.91 Å². The van der Waals surface area contributed by atoms with Crippen molar-refractivity contribution in [2.45, 2.75) is 23.6 Å². The first-order valence-corrected chi connectivity index (χ1v) is 11.2. The molecule has 0 aromatic carbocycles. The maximum Gasteiger partial charge on any atom is 0.272 e. The molecule has 3 aromatic heterocycles. The van der Waals surface area contributed by atoms with E-state index in [2.05, 4.69) is 15.1 Å². The van der Waals surface area contributed by atoms with Gasteiger partial charge in [-0.25, -0.2) is 13.4 Å². The summed E-state index contributed by atoms with van der Waals surface area (Å²) >= 11 is 0. The van der Waals surface area contributed by atoms with Crippen LogP contribution in [0.1, 0.15) is 16.2 Å². The number of likely N-dealkylation sites (tertiary alicyclic amines) is 1. The second-order valence-corrected chi connectivity index (χ2v) is 9.31. The Bertz CT molecular complexity index is 1230. The molecule has 31 heavy (non-hydrogen) atoms. The molecule has 2 aliphatic rings.